The fraction of sp³-hybridized carbons (Fsp3) is 1.00. The Labute approximate surface area is 73.0 Å². The smallest absolute Gasteiger partial charge is 0.212 e. The van der Waals surface area contributed by atoms with E-state index in [4.69, 9.17) is 0 Å². The standard InChI is InChI=1S/C7H14N2O2S/c1-9-3-2-7-6(4-9)5-12(10,11)8-7/h6-8H,2-5H2,1H3. The van der Waals surface area contributed by atoms with Crippen LogP contribution in [0.4, 0.5) is 0 Å². The predicted octanol–water partition coefficient (Wildman–Crippen LogP) is -0.760. The molecule has 0 amide bonds. The summed E-state index contributed by atoms with van der Waals surface area (Å²) < 4.78 is 25.0. The minimum absolute atomic E-state index is 0.214. The maximum absolute atomic E-state index is 11.2. The minimum atomic E-state index is -2.93. The molecule has 2 heterocycles. The third-order valence-electron chi connectivity index (χ3n) is 2.70. The molecule has 0 aromatic rings. The lowest BCUT2D eigenvalue weighted by Crippen LogP contribution is -2.43. The summed E-state index contributed by atoms with van der Waals surface area (Å²) in [6, 6.07) is 0.214. The molecule has 1 N–H and O–H groups in total. The molecule has 2 saturated heterocycles. The van der Waals surface area contributed by atoms with Crippen molar-refractivity contribution < 1.29 is 8.42 Å². The normalized spacial score (nSPS) is 41.1. The van der Waals surface area contributed by atoms with Gasteiger partial charge in [-0.05, 0) is 20.0 Å². The highest BCUT2D eigenvalue weighted by atomic mass is 32.2. The molecule has 0 spiro atoms. The van der Waals surface area contributed by atoms with Gasteiger partial charge in [-0.2, -0.15) is 0 Å². The molecular formula is C7H14N2O2S. The average molecular weight is 190 g/mol. The first-order valence-electron chi connectivity index (χ1n) is 4.25. The quantitative estimate of drug-likeness (QED) is 0.546. The number of nitrogens with one attached hydrogen (secondary N) is 1. The van der Waals surface area contributed by atoms with Crippen molar-refractivity contribution in [2.24, 2.45) is 5.92 Å². The Bertz CT molecular complexity index is 275. The van der Waals surface area contributed by atoms with Crippen LogP contribution < -0.4 is 4.72 Å². The molecule has 12 heavy (non-hydrogen) atoms. The maximum Gasteiger partial charge on any atom is 0.212 e. The first-order valence-corrected chi connectivity index (χ1v) is 5.90. The first kappa shape index (κ1) is 8.47. The second-order valence-corrected chi connectivity index (χ2v) is 5.62. The van der Waals surface area contributed by atoms with E-state index in [0.717, 1.165) is 19.5 Å². The molecule has 2 rings (SSSR count). The monoisotopic (exact) mass is 190 g/mol. The van der Waals surface area contributed by atoms with Gasteiger partial charge < -0.3 is 4.90 Å². The van der Waals surface area contributed by atoms with Crippen molar-refractivity contribution in [1.82, 2.24) is 9.62 Å². The van der Waals surface area contributed by atoms with Gasteiger partial charge in [-0.1, -0.05) is 0 Å². The van der Waals surface area contributed by atoms with Gasteiger partial charge in [0, 0.05) is 18.5 Å². The summed E-state index contributed by atoms with van der Waals surface area (Å²) >= 11 is 0. The molecule has 0 aliphatic carbocycles. The van der Waals surface area contributed by atoms with Crippen LogP contribution in [0.3, 0.4) is 0 Å². The topological polar surface area (TPSA) is 49.4 Å². The zero-order valence-corrected chi connectivity index (χ0v) is 7.97. The third-order valence-corrected chi connectivity index (χ3v) is 4.23. The molecule has 0 bridgehead atoms. The number of rotatable bonds is 0. The van der Waals surface area contributed by atoms with E-state index in [2.05, 4.69) is 9.62 Å². The van der Waals surface area contributed by atoms with Gasteiger partial charge in [-0.3, -0.25) is 0 Å². The van der Waals surface area contributed by atoms with Gasteiger partial charge in [0.15, 0.2) is 0 Å². The summed E-state index contributed by atoms with van der Waals surface area (Å²) in [6.07, 6.45) is 0.959. The van der Waals surface area contributed by atoms with Gasteiger partial charge in [0.1, 0.15) is 0 Å². The van der Waals surface area contributed by atoms with Crippen LogP contribution in [0.15, 0.2) is 0 Å². The van der Waals surface area contributed by atoms with E-state index < -0.39 is 10.0 Å². The van der Waals surface area contributed by atoms with Gasteiger partial charge >= 0.3 is 0 Å². The van der Waals surface area contributed by atoms with Crippen molar-refractivity contribution in [3.8, 4) is 0 Å². The SMILES string of the molecule is CN1CCC2NS(=O)(=O)CC2C1. The van der Waals surface area contributed by atoms with Crippen LogP contribution in [0.5, 0.6) is 0 Å². The van der Waals surface area contributed by atoms with E-state index >= 15 is 0 Å². The summed E-state index contributed by atoms with van der Waals surface area (Å²) in [6.45, 7) is 1.92. The molecule has 0 aromatic carbocycles. The van der Waals surface area contributed by atoms with E-state index in [0.29, 0.717) is 11.7 Å². The van der Waals surface area contributed by atoms with Crippen LogP contribution >= 0.6 is 0 Å². The molecule has 2 aliphatic heterocycles. The van der Waals surface area contributed by atoms with Gasteiger partial charge in [0.2, 0.25) is 10.0 Å². The Morgan fingerprint density at radius 1 is 1.50 bits per heavy atom. The average Bonchev–Trinajstić information content (AvgIpc) is 2.21. The molecule has 0 aromatic heterocycles. The summed E-state index contributed by atoms with van der Waals surface area (Å²) in [5.74, 6) is 0.635. The Hall–Kier alpha value is -0.130. The van der Waals surface area contributed by atoms with Gasteiger partial charge in [0.25, 0.3) is 0 Å². The molecule has 2 aliphatic rings. The summed E-state index contributed by atoms with van der Waals surface area (Å²) in [4.78, 5) is 2.20. The largest absolute Gasteiger partial charge is 0.306 e. The van der Waals surface area contributed by atoms with Crippen molar-refractivity contribution in [3.05, 3.63) is 0 Å². The van der Waals surface area contributed by atoms with Crippen LogP contribution in [-0.2, 0) is 10.0 Å². The second kappa shape index (κ2) is 2.68. The lowest BCUT2D eigenvalue weighted by molar-refractivity contribution is 0.201. The van der Waals surface area contributed by atoms with E-state index in [1.54, 1.807) is 0 Å². The molecule has 70 valence electrons. The highest BCUT2D eigenvalue weighted by Crippen LogP contribution is 2.23. The fourth-order valence-corrected chi connectivity index (χ4v) is 3.87. The zero-order valence-electron chi connectivity index (χ0n) is 7.16. The summed E-state index contributed by atoms with van der Waals surface area (Å²) in [5.41, 5.74) is 0. The molecule has 0 saturated carbocycles. The van der Waals surface area contributed by atoms with Crippen molar-refractivity contribution in [3.63, 3.8) is 0 Å². The number of hydrogen-bond acceptors (Lipinski definition) is 3. The van der Waals surface area contributed by atoms with Gasteiger partial charge in [-0.15, -0.1) is 0 Å². The lowest BCUT2D eigenvalue weighted by atomic mass is 9.95. The van der Waals surface area contributed by atoms with E-state index in [9.17, 15) is 8.42 Å². The van der Waals surface area contributed by atoms with E-state index in [-0.39, 0.29) is 6.04 Å². The molecule has 2 atom stereocenters. The number of fused-ring (bicyclic) bond motifs is 1. The number of nitrogens with zero attached hydrogens (tertiary/aromatic N) is 1. The maximum atomic E-state index is 11.2. The zero-order chi connectivity index (χ0) is 8.77. The highest BCUT2D eigenvalue weighted by molar-refractivity contribution is 7.89. The van der Waals surface area contributed by atoms with Gasteiger partial charge in [0.05, 0.1) is 5.75 Å². The Balaban J connectivity index is 2.12. The van der Waals surface area contributed by atoms with E-state index in [1.165, 1.54) is 0 Å². The number of sulfonamides is 1. The van der Waals surface area contributed by atoms with Gasteiger partial charge in [-0.25, -0.2) is 13.1 Å². The van der Waals surface area contributed by atoms with Crippen LogP contribution in [0.25, 0.3) is 0 Å². The fourth-order valence-electron chi connectivity index (χ4n) is 2.10. The molecule has 5 heteroatoms. The minimum Gasteiger partial charge on any atom is -0.306 e. The Kier molecular flexibility index (Phi) is 1.89. The lowest BCUT2D eigenvalue weighted by Gasteiger charge is -2.30. The summed E-state index contributed by atoms with van der Waals surface area (Å²) in [7, 11) is -0.886. The van der Waals surface area contributed by atoms with E-state index in [1.807, 2.05) is 7.05 Å². The van der Waals surface area contributed by atoms with Crippen LogP contribution in [-0.4, -0.2) is 45.2 Å². The first-order chi connectivity index (χ1) is 5.57. The van der Waals surface area contributed by atoms with Crippen molar-refractivity contribution in [2.75, 3.05) is 25.9 Å². The molecule has 4 nitrogen and oxygen atoms in total. The molecular weight excluding hydrogens is 176 g/mol. The molecule has 2 fully saturated rings. The third kappa shape index (κ3) is 1.48. The number of piperidine rings is 1. The van der Waals surface area contributed by atoms with Crippen LogP contribution in [0, 0.1) is 5.92 Å². The van der Waals surface area contributed by atoms with Crippen LogP contribution in [0.2, 0.25) is 0 Å². The molecule has 2 unspecified atom stereocenters. The highest BCUT2D eigenvalue weighted by Gasteiger charge is 2.39. The summed E-state index contributed by atoms with van der Waals surface area (Å²) in [5, 5.41) is 0. The van der Waals surface area contributed by atoms with Crippen molar-refractivity contribution >= 4 is 10.0 Å². The second-order valence-electron chi connectivity index (χ2n) is 3.82. The van der Waals surface area contributed by atoms with Crippen molar-refractivity contribution in [2.45, 2.75) is 12.5 Å². The molecule has 0 radical (unpaired) electrons. The van der Waals surface area contributed by atoms with Crippen molar-refractivity contribution in [1.29, 1.82) is 0 Å². The number of likely N-dealkylation sites (tertiary alicyclic amines) is 1. The predicted molar refractivity (Wildman–Crippen MR) is 46.3 cm³/mol. The number of hydrogen-bond donors (Lipinski definition) is 1. The Morgan fingerprint density at radius 3 is 3.00 bits per heavy atom. The van der Waals surface area contributed by atoms with Crippen LogP contribution in [0.1, 0.15) is 6.42 Å². The Morgan fingerprint density at radius 2 is 2.25 bits per heavy atom.